The van der Waals surface area contributed by atoms with Crippen LogP contribution in [0.5, 0.6) is 0 Å². The van der Waals surface area contributed by atoms with Gasteiger partial charge in [-0.3, -0.25) is 4.79 Å². The molecule has 0 aliphatic rings. The van der Waals surface area contributed by atoms with Gasteiger partial charge in [-0.05, 0) is 47.4 Å². The number of carbonyl (C=O) groups is 2. The molecule has 1 aromatic carbocycles. The molecule has 1 N–H and O–H groups in total. The molecule has 24 heavy (non-hydrogen) atoms. The van der Waals surface area contributed by atoms with Crippen molar-refractivity contribution in [2.24, 2.45) is 0 Å². The summed E-state index contributed by atoms with van der Waals surface area (Å²) in [4.78, 5) is 24.1. The van der Waals surface area contributed by atoms with Crippen molar-refractivity contribution in [2.75, 3.05) is 13.2 Å². The van der Waals surface area contributed by atoms with Crippen molar-refractivity contribution >= 4 is 23.2 Å². The molecule has 128 valence electrons. The molecule has 4 nitrogen and oxygen atoms in total. The molecule has 0 fully saturated rings. The number of carbonyl (C=O) groups excluding carboxylic acids is 2. The van der Waals surface area contributed by atoms with Crippen molar-refractivity contribution in [3.63, 3.8) is 0 Å². The zero-order valence-corrected chi connectivity index (χ0v) is 15.1. The van der Waals surface area contributed by atoms with Crippen LogP contribution < -0.4 is 5.32 Å². The Labute approximate surface area is 146 Å². The van der Waals surface area contributed by atoms with Crippen LogP contribution in [0.15, 0.2) is 35.7 Å². The van der Waals surface area contributed by atoms with Crippen LogP contribution in [-0.2, 0) is 16.0 Å². The monoisotopic (exact) mass is 345 g/mol. The molecule has 0 saturated carbocycles. The van der Waals surface area contributed by atoms with Crippen molar-refractivity contribution in [3.05, 3.63) is 57.3 Å². The molecule has 0 saturated heterocycles. The highest BCUT2D eigenvalue weighted by Gasteiger charge is 2.13. The van der Waals surface area contributed by atoms with Crippen LogP contribution in [0.25, 0.3) is 0 Å². The van der Waals surface area contributed by atoms with Gasteiger partial charge in [0.15, 0.2) is 6.61 Å². The van der Waals surface area contributed by atoms with Crippen molar-refractivity contribution in [2.45, 2.75) is 33.1 Å². The molecule has 1 amide bonds. The third kappa shape index (κ3) is 5.20. The van der Waals surface area contributed by atoms with E-state index in [0.717, 1.165) is 12.0 Å². The highest BCUT2D eigenvalue weighted by atomic mass is 32.1. The van der Waals surface area contributed by atoms with Gasteiger partial charge in [-0.15, -0.1) is 11.3 Å². The number of benzene rings is 1. The van der Waals surface area contributed by atoms with E-state index < -0.39 is 5.97 Å². The first kappa shape index (κ1) is 18.2. The predicted octanol–water partition coefficient (Wildman–Crippen LogP) is 3.70. The van der Waals surface area contributed by atoms with Crippen LogP contribution in [0.3, 0.4) is 0 Å². The lowest BCUT2D eigenvalue weighted by Gasteiger charge is -2.08. The number of esters is 1. The second-order valence-electron chi connectivity index (χ2n) is 6.01. The van der Waals surface area contributed by atoms with Crippen LogP contribution in [0.1, 0.15) is 46.1 Å². The maximum Gasteiger partial charge on any atom is 0.349 e. The number of ether oxygens (including phenoxy) is 1. The van der Waals surface area contributed by atoms with Gasteiger partial charge in [0.1, 0.15) is 4.88 Å². The third-order valence-corrected chi connectivity index (χ3v) is 4.76. The third-order valence-electron chi connectivity index (χ3n) is 3.76. The summed E-state index contributed by atoms with van der Waals surface area (Å²) >= 11 is 1.32. The minimum Gasteiger partial charge on any atom is -0.451 e. The molecule has 0 atom stereocenters. The second-order valence-corrected chi connectivity index (χ2v) is 6.92. The quantitative estimate of drug-likeness (QED) is 0.779. The van der Waals surface area contributed by atoms with E-state index in [1.807, 2.05) is 18.4 Å². The highest BCUT2D eigenvalue weighted by molar-refractivity contribution is 7.12. The zero-order chi connectivity index (χ0) is 17.5. The Balaban J connectivity index is 1.70. The molecular formula is C19H23NO3S. The Morgan fingerprint density at radius 3 is 2.46 bits per heavy atom. The van der Waals surface area contributed by atoms with Gasteiger partial charge in [-0.2, -0.15) is 0 Å². The van der Waals surface area contributed by atoms with E-state index in [1.54, 1.807) is 0 Å². The number of thiophene rings is 1. The fraction of sp³-hybridized carbons (Fsp3) is 0.368. The molecule has 0 aliphatic heterocycles. The molecule has 0 bridgehead atoms. The number of rotatable bonds is 7. The van der Waals surface area contributed by atoms with Gasteiger partial charge in [0, 0.05) is 6.54 Å². The number of amides is 1. The first-order chi connectivity index (χ1) is 11.5. The summed E-state index contributed by atoms with van der Waals surface area (Å²) in [6.45, 7) is 6.44. The number of aryl methyl sites for hydroxylation is 1. The maximum absolute atomic E-state index is 11.8. The topological polar surface area (TPSA) is 55.4 Å². The Hall–Kier alpha value is -2.14. The largest absolute Gasteiger partial charge is 0.451 e. The smallest absolute Gasteiger partial charge is 0.349 e. The highest BCUT2D eigenvalue weighted by Crippen LogP contribution is 2.16. The summed E-state index contributed by atoms with van der Waals surface area (Å²) in [5.41, 5.74) is 3.35. The van der Waals surface area contributed by atoms with E-state index in [2.05, 4.69) is 43.4 Å². The Bertz CT molecular complexity index is 689. The normalized spacial score (nSPS) is 10.7. The van der Waals surface area contributed by atoms with Crippen LogP contribution >= 0.6 is 11.3 Å². The van der Waals surface area contributed by atoms with E-state index in [-0.39, 0.29) is 12.5 Å². The minimum atomic E-state index is -0.443. The fourth-order valence-electron chi connectivity index (χ4n) is 2.24. The molecule has 1 aromatic heterocycles. The van der Waals surface area contributed by atoms with Gasteiger partial charge in [0.25, 0.3) is 5.91 Å². The maximum atomic E-state index is 11.8. The number of nitrogens with one attached hydrogen (secondary N) is 1. The summed E-state index contributed by atoms with van der Waals surface area (Å²) in [5, 5.41) is 4.60. The van der Waals surface area contributed by atoms with E-state index >= 15 is 0 Å². The molecular weight excluding hydrogens is 322 g/mol. The molecule has 2 aromatic rings. The van der Waals surface area contributed by atoms with Gasteiger partial charge in [-0.25, -0.2) is 4.79 Å². The summed E-state index contributed by atoms with van der Waals surface area (Å²) < 4.78 is 5.03. The average molecular weight is 345 g/mol. The minimum absolute atomic E-state index is 0.248. The van der Waals surface area contributed by atoms with Gasteiger partial charge in [-0.1, -0.05) is 38.1 Å². The van der Waals surface area contributed by atoms with Crippen LogP contribution in [0.2, 0.25) is 0 Å². The Kier molecular flexibility index (Phi) is 6.55. The lowest BCUT2D eigenvalue weighted by Crippen LogP contribution is -2.30. The van der Waals surface area contributed by atoms with Crippen LogP contribution in [0, 0.1) is 6.92 Å². The van der Waals surface area contributed by atoms with E-state index in [1.165, 1.54) is 22.5 Å². The SMILES string of the molecule is Cc1ccsc1C(=O)OCC(=O)NCCc1ccc(C(C)C)cc1. The number of hydrogen-bond acceptors (Lipinski definition) is 4. The molecule has 1 heterocycles. The lowest BCUT2D eigenvalue weighted by atomic mass is 10.0. The standard InChI is InChI=1S/C19H23NO3S/c1-13(2)16-6-4-15(5-7-16)8-10-20-17(21)12-23-19(22)18-14(3)9-11-24-18/h4-7,9,11,13H,8,10,12H2,1-3H3,(H,20,21). The summed E-state index contributed by atoms with van der Waals surface area (Å²) in [6, 6.07) is 10.3. The fourth-order valence-corrected chi connectivity index (χ4v) is 3.06. The van der Waals surface area contributed by atoms with Crippen molar-refractivity contribution in [1.82, 2.24) is 5.32 Å². The van der Waals surface area contributed by atoms with E-state index in [4.69, 9.17) is 4.74 Å². The summed E-state index contributed by atoms with van der Waals surface area (Å²) in [5.74, 6) is -0.210. The molecule has 0 radical (unpaired) electrons. The summed E-state index contributed by atoms with van der Waals surface area (Å²) in [7, 11) is 0. The van der Waals surface area contributed by atoms with E-state index in [0.29, 0.717) is 17.3 Å². The molecule has 2 rings (SSSR count). The lowest BCUT2D eigenvalue weighted by molar-refractivity contribution is -0.124. The first-order valence-corrected chi connectivity index (χ1v) is 8.92. The molecule has 0 spiro atoms. The Morgan fingerprint density at radius 1 is 1.17 bits per heavy atom. The average Bonchev–Trinajstić information content (AvgIpc) is 2.99. The Morgan fingerprint density at radius 2 is 1.88 bits per heavy atom. The van der Waals surface area contributed by atoms with Gasteiger partial charge < -0.3 is 10.1 Å². The van der Waals surface area contributed by atoms with Crippen molar-refractivity contribution in [1.29, 1.82) is 0 Å². The number of hydrogen-bond donors (Lipinski definition) is 1. The van der Waals surface area contributed by atoms with E-state index in [9.17, 15) is 9.59 Å². The van der Waals surface area contributed by atoms with Gasteiger partial charge in [0.05, 0.1) is 0 Å². The van der Waals surface area contributed by atoms with Gasteiger partial charge in [0.2, 0.25) is 0 Å². The summed E-state index contributed by atoms with van der Waals surface area (Å²) in [6.07, 6.45) is 0.752. The zero-order valence-electron chi connectivity index (χ0n) is 14.3. The van der Waals surface area contributed by atoms with Crippen LogP contribution in [-0.4, -0.2) is 25.0 Å². The first-order valence-electron chi connectivity index (χ1n) is 8.04. The molecule has 0 aliphatic carbocycles. The molecule has 0 unspecified atom stereocenters. The van der Waals surface area contributed by atoms with Gasteiger partial charge >= 0.3 is 5.97 Å². The van der Waals surface area contributed by atoms with Crippen LogP contribution in [0.4, 0.5) is 0 Å². The van der Waals surface area contributed by atoms with Crippen molar-refractivity contribution < 1.29 is 14.3 Å². The molecule has 5 heteroatoms. The second kappa shape index (κ2) is 8.64. The van der Waals surface area contributed by atoms with Crippen molar-refractivity contribution in [3.8, 4) is 0 Å². The predicted molar refractivity (Wildman–Crippen MR) is 96.6 cm³/mol.